The third-order valence-corrected chi connectivity index (χ3v) is 7.97. The van der Waals surface area contributed by atoms with Crippen molar-refractivity contribution >= 4 is 5.78 Å². The number of hydrogen-bond acceptors (Lipinski definition) is 2. The first-order valence-corrected chi connectivity index (χ1v) is 10.8. The van der Waals surface area contributed by atoms with Gasteiger partial charge in [0.25, 0.3) is 0 Å². The summed E-state index contributed by atoms with van der Waals surface area (Å²) in [5.74, 6) is 2.92. The van der Waals surface area contributed by atoms with Gasteiger partial charge in [0.2, 0.25) is 0 Å². The highest BCUT2D eigenvalue weighted by Crippen LogP contribution is 2.61. The zero-order valence-electron chi connectivity index (χ0n) is 16.4. The van der Waals surface area contributed by atoms with Crippen molar-refractivity contribution in [1.29, 1.82) is 0 Å². The lowest BCUT2D eigenvalue weighted by atomic mass is 9.56. The normalized spacial score (nSPS) is 32.5. The predicted molar refractivity (Wildman–Crippen MR) is 108 cm³/mol. The van der Waals surface area contributed by atoms with Crippen LogP contribution in [0.5, 0.6) is 5.75 Å². The predicted octanol–water partition coefficient (Wildman–Crippen LogP) is 5.81. The van der Waals surface area contributed by atoms with Gasteiger partial charge in [-0.05, 0) is 104 Å². The summed E-state index contributed by atoms with van der Waals surface area (Å²) in [6, 6.07) is 8.77. The summed E-state index contributed by atoms with van der Waals surface area (Å²) in [5, 5.41) is 0. The molecule has 0 N–H and O–H groups in total. The maximum Gasteiger partial charge on any atom is 0.156 e. The minimum absolute atomic E-state index is 0.346. The zero-order valence-corrected chi connectivity index (χ0v) is 16.4. The minimum atomic E-state index is 0.346. The van der Waals surface area contributed by atoms with E-state index in [1.165, 1.54) is 56.1 Å². The number of carbonyl (C=O) groups excluding carboxylic acids is 1. The summed E-state index contributed by atoms with van der Waals surface area (Å²) in [5.41, 5.74) is 6.69. The van der Waals surface area contributed by atoms with Crippen LogP contribution in [0.4, 0.5) is 0 Å². The average Bonchev–Trinajstić information content (AvgIpc) is 3.12. The van der Waals surface area contributed by atoms with Crippen LogP contribution in [-0.4, -0.2) is 12.9 Å². The number of benzene rings is 1. The second-order valence-corrected chi connectivity index (χ2v) is 9.17. The molecule has 2 heteroatoms. The number of rotatable bonds is 3. The van der Waals surface area contributed by atoms with E-state index < -0.39 is 0 Å². The summed E-state index contributed by atoms with van der Waals surface area (Å²) in [6.07, 6.45) is 14.1. The van der Waals surface area contributed by atoms with Gasteiger partial charge in [-0.1, -0.05) is 24.1 Å². The molecule has 0 aromatic heterocycles. The van der Waals surface area contributed by atoms with Crippen molar-refractivity contribution in [3.63, 3.8) is 0 Å². The van der Waals surface area contributed by atoms with Crippen molar-refractivity contribution in [3.05, 3.63) is 52.6 Å². The molecule has 0 amide bonds. The molecule has 0 radical (unpaired) electrons. The molecule has 1 aromatic rings. The molecule has 2 saturated carbocycles. The van der Waals surface area contributed by atoms with Gasteiger partial charge in [-0.3, -0.25) is 4.79 Å². The molecule has 1 aromatic carbocycles. The smallest absolute Gasteiger partial charge is 0.156 e. The molecule has 2 fully saturated rings. The molecule has 5 rings (SSSR count). The molecule has 0 unspecified atom stereocenters. The number of fused-ring (bicyclic) bond motifs is 4. The van der Waals surface area contributed by atoms with Crippen LogP contribution >= 0.6 is 0 Å². The third-order valence-electron chi connectivity index (χ3n) is 7.97. The fraction of sp³-hybridized carbons (Fsp3) is 0.560. The van der Waals surface area contributed by atoms with Crippen LogP contribution in [0.3, 0.4) is 0 Å². The maximum absolute atomic E-state index is 11.9. The van der Waals surface area contributed by atoms with Gasteiger partial charge in [0.15, 0.2) is 5.78 Å². The van der Waals surface area contributed by atoms with Crippen molar-refractivity contribution in [3.8, 4) is 5.75 Å². The first-order valence-electron chi connectivity index (χ1n) is 10.8. The molecule has 0 saturated heterocycles. The molecule has 0 aliphatic heterocycles. The lowest BCUT2D eigenvalue weighted by molar-refractivity contribution is -0.114. The molecule has 4 aliphatic rings. The third kappa shape index (κ3) is 2.88. The van der Waals surface area contributed by atoms with Gasteiger partial charge >= 0.3 is 0 Å². The Morgan fingerprint density at radius 2 is 1.89 bits per heavy atom. The van der Waals surface area contributed by atoms with E-state index in [-0.39, 0.29) is 0 Å². The number of ketones is 1. The fourth-order valence-electron chi connectivity index (χ4n) is 6.79. The van der Waals surface area contributed by atoms with E-state index >= 15 is 0 Å². The molecule has 4 aliphatic carbocycles. The van der Waals surface area contributed by atoms with E-state index in [0.717, 1.165) is 36.8 Å². The van der Waals surface area contributed by atoms with Crippen LogP contribution in [-0.2, 0) is 11.2 Å². The molecule has 0 spiro atoms. The van der Waals surface area contributed by atoms with Gasteiger partial charge in [0.05, 0.1) is 7.11 Å². The van der Waals surface area contributed by atoms with Crippen LogP contribution in [0.25, 0.3) is 0 Å². The van der Waals surface area contributed by atoms with E-state index in [9.17, 15) is 4.79 Å². The molecule has 0 bridgehead atoms. The van der Waals surface area contributed by atoms with Gasteiger partial charge in [-0.2, -0.15) is 0 Å². The Kier molecular flexibility index (Phi) is 4.26. The summed E-state index contributed by atoms with van der Waals surface area (Å²) in [6.45, 7) is 0. The van der Waals surface area contributed by atoms with Crippen LogP contribution in [0.1, 0.15) is 63.4 Å². The summed E-state index contributed by atoms with van der Waals surface area (Å²) < 4.78 is 5.34. The van der Waals surface area contributed by atoms with Crippen LogP contribution in [0, 0.1) is 17.3 Å². The van der Waals surface area contributed by atoms with E-state index in [1.54, 1.807) is 18.3 Å². The van der Waals surface area contributed by atoms with Crippen molar-refractivity contribution in [2.75, 3.05) is 7.11 Å². The number of ether oxygens (including phenoxy) is 1. The Bertz CT molecular complexity index is 813. The number of allylic oxidation sites excluding steroid dienone is 4. The fourth-order valence-corrected chi connectivity index (χ4v) is 6.79. The highest BCUT2D eigenvalue weighted by Gasteiger charge is 2.51. The zero-order chi connectivity index (χ0) is 18.4. The highest BCUT2D eigenvalue weighted by atomic mass is 16.5. The molecular weight excluding hydrogens is 332 g/mol. The van der Waals surface area contributed by atoms with Crippen molar-refractivity contribution in [2.45, 2.75) is 64.2 Å². The molecule has 142 valence electrons. The van der Waals surface area contributed by atoms with Crippen LogP contribution in [0.15, 0.2) is 47.1 Å². The van der Waals surface area contributed by atoms with Crippen molar-refractivity contribution < 1.29 is 9.53 Å². The molecular formula is C25H30O2. The highest BCUT2D eigenvalue weighted by molar-refractivity contribution is 5.93. The minimum Gasteiger partial charge on any atom is -0.497 e. The second-order valence-electron chi connectivity index (χ2n) is 9.17. The van der Waals surface area contributed by atoms with E-state index in [1.807, 2.05) is 6.08 Å². The van der Waals surface area contributed by atoms with Gasteiger partial charge in [-0.15, -0.1) is 0 Å². The van der Waals surface area contributed by atoms with E-state index in [0.29, 0.717) is 11.2 Å². The number of methoxy groups -OCH3 is 1. The largest absolute Gasteiger partial charge is 0.497 e. The standard InChI is InChI=1S/C25H30O2/c1-27-20-8-4-17(5-9-20)16-25-13-2-3-24(25)23-10-6-18-15-19(26)7-11-21(18)22(23)12-14-25/h4-5,8-9,15,23-24H,2-3,6-7,10-14,16H2,1H3/t23-,24+,25+/m1/s1. The quantitative estimate of drug-likeness (QED) is 0.678. The van der Waals surface area contributed by atoms with E-state index in [4.69, 9.17) is 4.74 Å². The van der Waals surface area contributed by atoms with Crippen molar-refractivity contribution in [2.24, 2.45) is 17.3 Å². The summed E-state index contributed by atoms with van der Waals surface area (Å²) in [4.78, 5) is 11.9. The monoisotopic (exact) mass is 362 g/mol. The maximum atomic E-state index is 11.9. The van der Waals surface area contributed by atoms with Crippen LogP contribution in [0.2, 0.25) is 0 Å². The Morgan fingerprint density at radius 3 is 2.70 bits per heavy atom. The van der Waals surface area contributed by atoms with Gasteiger partial charge < -0.3 is 4.74 Å². The average molecular weight is 363 g/mol. The molecule has 0 heterocycles. The second kappa shape index (κ2) is 6.65. The lowest BCUT2D eigenvalue weighted by Crippen LogP contribution is -2.40. The van der Waals surface area contributed by atoms with Crippen LogP contribution < -0.4 is 4.74 Å². The number of hydrogen-bond donors (Lipinski definition) is 0. The van der Waals surface area contributed by atoms with Gasteiger partial charge in [0, 0.05) is 6.42 Å². The Morgan fingerprint density at radius 1 is 1.04 bits per heavy atom. The SMILES string of the molecule is COc1ccc(C[C@@]23CCC[C@H]2[C@@H]2CCC4=CC(=O)CCC4=C2CC3)cc1. The molecule has 27 heavy (non-hydrogen) atoms. The summed E-state index contributed by atoms with van der Waals surface area (Å²) >= 11 is 0. The first kappa shape index (κ1) is 17.3. The van der Waals surface area contributed by atoms with Gasteiger partial charge in [-0.25, -0.2) is 0 Å². The van der Waals surface area contributed by atoms with Crippen molar-refractivity contribution in [1.82, 2.24) is 0 Å². The Hall–Kier alpha value is -1.83. The van der Waals surface area contributed by atoms with E-state index in [2.05, 4.69) is 24.3 Å². The Labute approximate surface area is 162 Å². The molecule has 3 atom stereocenters. The first-order chi connectivity index (χ1) is 13.2. The topological polar surface area (TPSA) is 26.3 Å². The summed E-state index contributed by atoms with van der Waals surface area (Å²) in [7, 11) is 1.74. The van der Waals surface area contributed by atoms with Gasteiger partial charge in [0.1, 0.15) is 5.75 Å². The Balaban J connectivity index is 1.44. The lowest BCUT2D eigenvalue weighted by Gasteiger charge is -2.49. The molecule has 2 nitrogen and oxygen atoms in total. The number of carbonyl (C=O) groups is 1.